The van der Waals surface area contributed by atoms with Gasteiger partial charge in [-0.3, -0.25) is 0 Å². The van der Waals surface area contributed by atoms with Gasteiger partial charge in [0.25, 0.3) is 0 Å². The first-order chi connectivity index (χ1) is 7.89. The van der Waals surface area contributed by atoms with Crippen molar-refractivity contribution in [3.63, 3.8) is 0 Å². The fourth-order valence-corrected chi connectivity index (χ4v) is 3.42. The lowest BCUT2D eigenvalue weighted by molar-refractivity contribution is -0.0894. The van der Waals surface area contributed by atoms with Gasteiger partial charge in [0.05, 0.1) is 5.60 Å². The number of hydrogen-bond acceptors (Lipinski definition) is 2. The molecule has 0 amide bonds. The van der Waals surface area contributed by atoms with Gasteiger partial charge in [0.2, 0.25) is 0 Å². The molecule has 1 rings (SSSR count). The van der Waals surface area contributed by atoms with Crippen LogP contribution in [-0.2, 0) is 0 Å². The molecule has 2 heteroatoms. The number of rotatable bonds is 5. The van der Waals surface area contributed by atoms with Gasteiger partial charge < -0.3 is 10.2 Å². The summed E-state index contributed by atoms with van der Waals surface area (Å²) in [6.45, 7) is 8.98. The normalized spacial score (nSPS) is 36.2. The molecule has 0 aliphatic heterocycles. The van der Waals surface area contributed by atoms with Gasteiger partial charge in [0.1, 0.15) is 0 Å². The zero-order chi connectivity index (χ0) is 13.1. The molecule has 0 spiro atoms. The number of aliphatic hydroxyl groups excluding tert-OH is 1. The zero-order valence-electron chi connectivity index (χ0n) is 11.9. The second kappa shape index (κ2) is 6.19. The van der Waals surface area contributed by atoms with Gasteiger partial charge in [-0.05, 0) is 49.4 Å². The summed E-state index contributed by atoms with van der Waals surface area (Å²) in [6.07, 6.45) is 5.13. The van der Waals surface area contributed by atoms with Crippen LogP contribution in [-0.4, -0.2) is 22.4 Å². The minimum absolute atomic E-state index is 0.234. The van der Waals surface area contributed by atoms with Gasteiger partial charge in [0.15, 0.2) is 0 Å². The summed E-state index contributed by atoms with van der Waals surface area (Å²) in [4.78, 5) is 0. The Hall–Kier alpha value is -0.0800. The minimum Gasteiger partial charge on any atom is -0.396 e. The van der Waals surface area contributed by atoms with E-state index in [4.69, 9.17) is 5.11 Å². The van der Waals surface area contributed by atoms with Gasteiger partial charge in [-0.15, -0.1) is 0 Å². The quantitative estimate of drug-likeness (QED) is 0.777. The van der Waals surface area contributed by atoms with Crippen LogP contribution in [0.3, 0.4) is 0 Å². The van der Waals surface area contributed by atoms with Crippen LogP contribution < -0.4 is 0 Å². The highest BCUT2D eigenvalue weighted by Gasteiger charge is 2.42. The van der Waals surface area contributed by atoms with Crippen molar-refractivity contribution in [3.8, 4) is 0 Å². The maximum Gasteiger partial charge on any atom is 0.0680 e. The van der Waals surface area contributed by atoms with Crippen LogP contribution in [0, 0.1) is 23.7 Å². The Bertz CT molecular complexity index is 227. The van der Waals surface area contributed by atoms with Crippen molar-refractivity contribution >= 4 is 0 Å². The second-order valence-corrected chi connectivity index (χ2v) is 6.67. The minimum atomic E-state index is -0.491. The Morgan fingerprint density at radius 2 is 1.88 bits per heavy atom. The predicted molar refractivity (Wildman–Crippen MR) is 71.8 cm³/mol. The van der Waals surface area contributed by atoms with Crippen molar-refractivity contribution in [3.05, 3.63) is 0 Å². The summed E-state index contributed by atoms with van der Waals surface area (Å²) in [6, 6.07) is 0. The molecule has 1 aliphatic rings. The van der Waals surface area contributed by atoms with Crippen molar-refractivity contribution in [2.45, 2.75) is 65.4 Å². The molecule has 2 unspecified atom stereocenters. The number of aliphatic hydroxyl groups is 2. The molecule has 2 nitrogen and oxygen atoms in total. The highest BCUT2D eigenvalue weighted by Crippen LogP contribution is 2.43. The average Bonchev–Trinajstić information content (AvgIpc) is 2.25. The van der Waals surface area contributed by atoms with E-state index in [1.807, 2.05) is 0 Å². The Morgan fingerprint density at radius 3 is 2.41 bits per heavy atom. The van der Waals surface area contributed by atoms with E-state index >= 15 is 0 Å². The van der Waals surface area contributed by atoms with E-state index in [1.165, 1.54) is 6.42 Å². The van der Waals surface area contributed by atoms with Crippen molar-refractivity contribution < 1.29 is 10.2 Å². The molecule has 0 saturated heterocycles. The molecule has 0 radical (unpaired) electrons. The maximum atomic E-state index is 10.9. The van der Waals surface area contributed by atoms with Crippen molar-refractivity contribution in [1.29, 1.82) is 0 Å². The highest BCUT2D eigenvalue weighted by atomic mass is 16.3. The molecule has 0 heterocycles. The molecular weight excluding hydrogens is 212 g/mol. The van der Waals surface area contributed by atoms with E-state index in [9.17, 15) is 5.11 Å². The molecule has 1 fully saturated rings. The Morgan fingerprint density at radius 1 is 1.24 bits per heavy atom. The van der Waals surface area contributed by atoms with Crippen LogP contribution >= 0.6 is 0 Å². The highest BCUT2D eigenvalue weighted by molar-refractivity contribution is 4.93. The molecule has 0 aromatic carbocycles. The van der Waals surface area contributed by atoms with Crippen LogP contribution in [0.15, 0.2) is 0 Å². The second-order valence-electron chi connectivity index (χ2n) is 6.67. The SMILES string of the molecule is CC(CO)CC[C@@]1(O)C[C@@H](C)CCC1C(C)C. The van der Waals surface area contributed by atoms with Crippen LogP contribution in [0.25, 0.3) is 0 Å². The Labute approximate surface area is 106 Å². The van der Waals surface area contributed by atoms with E-state index in [2.05, 4.69) is 27.7 Å². The van der Waals surface area contributed by atoms with E-state index < -0.39 is 5.60 Å². The number of hydrogen-bond donors (Lipinski definition) is 2. The topological polar surface area (TPSA) is 40.5 Å². The summed E-state index contributed by atoms with van der Waals surface area (Å²) in [7, 11) is 0. The summed E-state index contributed by atoms with van der Waals surface area (Å²) in [5.41, 5.74) is -0.491. The first-order valence-electron chi connectivity index (χ1n) is 7.22. The predicted octanol–water partition coefficient (Wildman–Crippen LogP) is 3.22. The Kier molecular flexibility index (Phi) is 5.46. The lowest BCUT2D eigenvalue weighted by Gasteiger charge is -2.45. The zero-order valence-corrected chi connectivity index (χ0v) is 11.9. The van der Waals surface area contributed by atoms with Crippen LogP contribution in [0.2, 0.25) is 0 Å². The van der Waals surface area contributed by atoms with E-state index in [1.54, 1.807) is 0 Å². The van der Waals surface area contributed by atoms with E-state index in [0.717, 1.165) is 25.7 Å². The molecule has 0 bridgehead atoms. The molecule has 1 saturated carbocycles. The molecule has 17 heavy (non-hydrogen) atoms. The van der Waals surface area contributed by atoms with Crippen LogP contribution in [0.1, 0.15) is 59.8 Å². The summed E-state index contributed by atoms with van der Waals surface area (Å²) in [5, 5.41) is 20.0. The van der Waals surface area contributed by atoms with Crippen LogP contribution in [0.4, 0.5) is 0 Å². The van der Waals surface area contributed by atoms with E-state index in [-0.39, 0.29) is 6.61 Å². The summed E-state index contributed by atoms with van der Waals surface area (Å²) >= 11 is 0. The standard InChI is InChI=1S/C15H30O2/c1-11(2)14-6-5-12(3)9-15(14,17)8-7-13(4)10-16/h11-14,16-17H,5-10H2,1-4H3/t12-,13?,14?,15+/m0/s1. The molecule has 2 N–H and O–H groups in total. The lowest BCUT2D eigenvalue weighted by Crippen LogP contribution is -2.45. The first kappa shape index (κ1) is 15.0. The van der Waals surface area contributed by atoms with Crippen molar-refractivity contribution in [2.75, 3.05) is 6.61 Å². The fourth-order valence-electron chi connectivity index (χ4n) is 3.42. The third kappa shape index (κ3) is 3.96. The van der Waals surface area contributed by atoms with Gasteiger partial charge in [0, 0.05) is 6.61 Å². The van der Waals surface area contributed by atoms with Gasteiger partial charge in [-0.2, -0.15) is 0 Å². The monoisotopic (exact) mass is 242 g/mol. The first-order valence-corrected chi connectivity index (χ1v) is 7.22. The molecular formula is C15H30O2. The van der Waals surface area contributed by atoms with E-state index in [0.29, 0.717) is 23.7 Å². The Balaban J connectivity index is 2.64. The van der Waals surface area contributed by atoms with Gasteiger partial charge in [-0.1, -0.05) is 34.1 Å². The summed E-state index contributed by atoms with van der Waals surface area (Å²) < 4.78 is 0. The largest absolute Gasteiger partial charge is 0.396 e. The smallest absolute Gasteiger partial charge is 0.0680 e. The third-order valence-electron chi connectivity index (χ3n) is 4.55. The maximum absolute atomic E-state index is 10.9. The van der Waals surface area contributed by atoms with Crippen molar-refractivity contribution in [1.82, 2.24) is 0 Å². The van der Waals surface area contributed by atoms with Gasteiger partial charge >= 0.3 is 0 Å². The molecule has 0 aromatic rings. The average molecular weight is 242 g/mol. The van der Waals surface area contributed by atoms with Crippen LogP contribution in [0.5, 0.6) is 0 Å². The third-order valence-corrected chi connectivity index (χ3v) is 4.55. The van der Waals surface area contributed by atoms with Crippen molar-refractivity contribution in [2.24, 2.45) is 23.7 Å². The molecule has 102 valence electrons. The fraction of sp³-hybridized carbons (Fsp3) is 1.00. The summed E-state index contributed by atoms with van der Waals surface area (Å²) in [5.74, 6) is 1.94. The lowest BCUT2D eigenvalue weighted by atomic mass is 9.65. The molecule has 4 atom stereocenters. The molecule has 0 aromatic heterocycles. The molecule has 1 aliphatic carbocycles. The van der Waals surface area contributed by atoms with Gasteiger partial charge in [-0.25, -0.2) is 0 Å².